The average molecular weight is 524 g/mol. The van der Waals surface area contributed by atoms with E-state index in [1.165, 1.54) is 16.2 Å². The van der Waals surface area contributed by atoms with Crippen LogP contribution < -0.4 is 0 Å². The number of phenols is 1. The van der Waals surface area contributed by atoms with E-state index < -0.39 is 23.9 Å². The highest BCUT2D eigenvalue weighted by Gasteiger charge is 2.54. The number of carbonyl (C=O) groups excluding carboxylic acids is 2. The number of phenolic OH excluding ortho intramolecular Hbond substituents is 1. The summed E-state index contributed by atoms with van der Waals surface area (Å²) in [5.41, 5.74) is 3.60. The van der Waals surface area contributed by atoms with E-state index in [-0.39, 0.29) is 30.7 Å². The maximum Gasteiger partial charge on any atom is 0.234 e. The third kappa shape index (κ3) is 5.74. The predicted octanol–water partition coefficient (Wildman–Crippen LogP) is 5.30. The van der Waals surface area contributed by atoms with Gasteiger partial charge in [-0.1, -0.05) is 61.8 Å². The van der Waals surface area contributed by atoms with Crippen LogP contribution in [0.25, 0.3) is 6.08 Å². The van der Waals surface area contributed by atoms with Crippen LogP contribution in [0.3, 0.4) is 0 Å². The van der Waals surface area contributed by atoms with Gasteiger partial charge in [-0.05, 0) is 55.2 Å². The van der Waals surface area contributed by atoms with Gasteiger partial charge in [0.2, 0.25) is 11.8 Å². The second kappa shape index (κ2) is 12.2. The first-order chi connectivity index (χ1) is 17.9. The standard InChI is InChI=1S/C30H37NO5S/c1-3-8-19(15-21-9-5-6-11-25(21)33)12-13-26(34)27-20(4-2)16-23-28(24(27)18-32)30(36)31(29(23)35)17-22-10-7-14-37-22/h5-7,9-11,14-15,23-24,26,28,32-34H,3-4,8,12-13,16-18H2,1-2H3/b19-15+/t23-,24+,26-,28-/m1/s1. The molecule has 1 fully saturated rings. The van der Waals surface area contributed by atoms with Crippen molar-refractivity contribution in [3.8, 4) is 5.75 Å². The van der Waals surface area contributed by atoms with Gasteiger partial charge in [-0.15, -0.1) is 11.3 Å². The number of likely N-dealkylation sites (tertiary alicyclic amines) is 1. The molecular weight excluding hydrogens is 486 g/mol. The average Bonchev–Trinajstić information content (AvgIpc) is 3.50. The predicted molar refractivity (Wildman–Crippen MR) is 146 cm³/mol. The van der Waals surface area contributed by atoms with Crippen molar-refractivity contribution in [3.63, 3.8) is 0 Å². The van der Waals surface area contributed by atoms with Gasteiger partial charge in [0.25, 0.3) is 0 Å². The molecule has 2 heterocycles. The number of aliphatic hydroxyl groups is 2. The molecule has 2 aliphatic rings. The number of amides is 2. The Bertz CT molecular complexity index is 1170. The molecule has 7 heteroatoms. The Labute approximate surface area is 223 Å². The Balaban J connectivity index is 1.55. The molecule has 4 atom stereocenters. The molecule has 1 saturated heterocycles. The molecule has 1 aliphatic carbocycles. The van der Waals surface area contributed by atoms with E-state index in [1.54, 1.807) is 12.1 Å². The van der Waals surface area contributed by atoms with Crippen molar-refractivity contribution < 1.29 is 24.9 Å². The molecule has 1 aliphatic heterocycles. The Morgan fingerprint density at radius 1 is 1.14 bits per heavy atom. The molecule has 37 heavy (non-hydrogen) atoms. The van der Waals surface area contributed by atoms with Crippen LogP contribution in [-0.2, 0) is 16.1 Å². The topological polar surface area (TPSA) is 98.1 Å². The Hall–Kier alpha value is -2.74. The van der Waals surface area contributed by atoms with Crippen molar-refractivity contribution in [1.29, 1.82) is 0 Å². The lowest BCUT2D eigenvalue weighted by molar-refractivity contribution is -0.140. The minimum atomic E-state index is -0.813. The van der Waals surface area contributed by atoms with Crippen molar-refractivity contribution in [1.82, 2.24) is 4.90 Å². The summed E-state index contributed by atoms with van der Waals surface area (Å²) in [6.45, 7) is 4.08. The molecule has 0 saturated carbocycles. The number of benzene rings is 1. The van der Waals surface area contributed by atoms with Crippen LogP contribution in [0, 0.1) is 17.8 Å². The van der Waals surface area contributed by atoms with Crippen molar-refractivity contribution >= 4 is 29.2 Å². The van der Waals surface area contributed by atoms with Gasteiger partial charge in [0.1, 0.15) is 5.75 Å². The number of thiophene rings is 1. The molecule has 6 nitrogen and oxygen atoms in total. The summed E-state index contributed by atoms with van der Waals surface area (Å²) in [4.78, 5) is 29.0. The van der Waals surface area contributed by atoms with Crippen molar-refractivity contribution in [2.45, 2.75) is 65.0 Å². The summed E-state index contributed by atoms with van der Waals surface area (Å²) >= 11 is 1.51. The van der Waals surface area contributed by atoms with Crippen molar-refractivity contribution in [2.75, 3.05) is 6.61 Å². The SMILES string of the molecule is CCC/C(=C\c1ccccc1O)CC[C@@H](O)C1=C(CC)C[C@H]2C(=O)N(Cc3cccs3)C(=O)[C@H]2[C@H]1CO. The second-order valence-electron chi connectivity index (χ2n) is 10.0. The monoisotopic (exact) mass is 523 g/mol. The number of aromatic hydroxyl groups is 1. The summed E-state index contributed by atoms with van der Waals surface area (Å²) < 4.78 is 0. The number of hydrogen-bond acceptors (Lipinski definition) is 6. The zero-order valence-electron chi connectivity index (χ0n) is 21.6. The highest BCUT2D eigenvalue weighted by Crippen LogP contribution is 2.47. The van der Waals surface area contributed by atoms with E-state index in [0.29, 0.717) is 25.7 Å². The quantitative estimate of drug-likeness (QED) is 0.274. The maximum absolute atomic E-state index is 13.5. The van der Waals surface area contributed by atoms with Crippen LogP contribution in [0.2, 0.25) is 0 Å². The van der Waals surface area contributed by atoms with Gasteiger partial charge in [-0.2, -0.15) is 0 Å². The minimum absolute atomic E-state index is 0.169. The Morgan fingerprint density at radius 2 is 1.92 bits per heavy atom. The highest BCUT2D eigenvalue weighted by atomic mass is 32.1. The Morgan fingerprint density at radius 3 is 2.57 bits per heavy atom. The first kappa shape index (κ1) is 27.3. The van der Waals surface area contributed by atoms with Gasteiger partial charge in [-0.3, -0.25) is 14.5 Å². The summed E-state index contributed by atoms with van der Waals surface area (Å²) in [7, 11) is 0. The molecule has 0 bridgehead atoms. The lowest BCUT2D eigenvalue weighted by Crippen LogP contribution is -2.39. The van der Waals surface area contributed by atoms with Gasteiger partial charge in [0.15, 0.2) is 0 Å². The Kier molecular flexibility index (Phi) is 9.00. The summed E-state index contributed by atoms with van der Waals surface area (Å²) in [5, 5.41) is 34.0. The van der Waals surface area contributed by atoms with Crippen LogP contribution >= 0.6 is 11.3 Å². The molecule has 1 aromatic heterocycles. The number of hydrogen-bond donors (Lipinski definition) is 3. The second-order valence-corrected chi connectivity index (χ2v) is 11.1. The van der Waals surface area contributed by atoms with E-state index in [9.17, 15) is 24.9 Å². The molecule has 3 N–H and O–H groups in total. The third-order valence-electron chi connectivity index (χ3n) is 7.76. The van der Waals surface area contributed by atoms with Crippen molar-refractivity contribution in [3.05, 3.63) is 68.9 Å². The largest absolute Gasteiger partial charge is 0.507 e. The number of allylic oxidation sites excluding steroid dienone is 2. The van der Waals surface area contributed by atoms with E-state index in [1.807, 2.05) is 42.6 Å². The molecule has 0 unspecified atom stereocenters. The molecule has 4 rings (SSSR count). The van der Waals surface area contributed by atoms with Gasteiger partial charge in [0, 0.05) is 16.4 Å². The molecule has 0 spiro atoms. The smallest absolute Gasteiger partial charge is 0.234 e. The molecule has 2 amide bonds. The molecule has 2 aromatic rings. The first-order valence-electron chi connectivity index (χ1n) is 13.2. The van der Waals surface area contributed by atoms with Gasteiger partial charge >= 0.3 is 0 Å². The van der Waals surface area contributed by atoms with Gasteiger partial charge in [-0.25, -0.2) is 0 Å². The fourth-order valence-corrected chi connectivity index (χ4v) is 6.67. The number of imide groups is 1. The minimum Gasteiger partial charge on any atom is -0.507 e. The lowest BCUT2D eigenvalue weighted by atomic mass is 9.67. The zero-order valence-corrected chi connectivity index (χ0v) is 22.4. The normalized spacial score (nSPS) is 23.1. The summed E-state index contributed by atoms with van der Waals surface area (Å²) in [5.74, 6) is -1.87. The first-order valence-corrected chi connectivity index (χ1v) is 14.1. The van der Waals surface area contributed by atoms with Crippen LogP contribution in [0.1, 0.15) is 62.8 Å². The fourth-order valence-electron chi connectivity index (χ4n) is 5.98. The van der Waals surface area contributed by atoms with Crippen LogP contribution in [0.5, 0.6) is 5.75 Å². The lowest BCUT2D eigenvalue weighted by Gasteiger charge is -2.36. The van der Waals surface area contributed by atoms with Crippen LogP contribution in [0.15, 0.2) is 58.5 Å². The zero-order chi connectivity index (χ0) is 26.5. The maximum atomic E-state index is 13.5. The molecule has 1 aromatic carbocycles. The number of nitrogens with zero attached hydrogens (tertiary/aromatic N) is 1. The number of rotatable bonds is 11. The van der Waals surface area contributed by atoms with E-state index in [0.717, 1.165) is 40.0 Å². The van der Waals surface area contributed by atoms with Crippen LogP contribution in [0.4, 0.5) is 0 Å². The van der Waals surface area contributed by atoms with E-state index in [2.05, 4.69) is 6.92 Å². The van der Waals surface area contributed by atoms with Gasteiger partial charge in [0.05, 0.1) is 31.1 Å². The molecule has 198 valence electrons. The molecular formula is C30H37NO5S. The van der Waals surface area contributed by atoms with Gasteiger partial charge < -0.3 is 15.3 Å². The van der Waals surface area contributed by atoms with Crippen molar-refractivity contribution in [2.24, 2.45) is 17.8 Å². The van der Waals surface area contributed by atoms with Crippen LogP contribution in [-0.4, -0.2) is 44.7 Å². The van der Waals surface area contributed by atoms with E-state index >= 15 is 0 Å². The fraction of sp³-hybridized carbons (Fsp3) is 0.467. The number of carbonyl (C=O) groups is 2. The molecule has 0 radical (unpaired) electrons. The highest BCUT2D eigenvalue weighted by molar-refractivity contribution is 7.09. The third-order valence-corrected chi connectivity index (χ3v) is 8.62. The van der Waals surface area contributed by atoms with E-state index in [4.69, 9.17) is 0 Å². The number of fused-ring (bicyclic) bond motifs is 1. The number of aliphatic hydroxyl groups excluding tert-OH is 2. The number of para-hydroxylation sites is 1. The summed E-state index contributed by atoms with van der Waals surface area (Å²) in [6, 6.07) is 11.0. The summed E-state index contributed by atoms with van der Waals surface area (Å²) in [6.07, 6.45) is 5.16.